The molecule has 1 amide bonds. The normalized spacial score (nSPS) is 14.5. The van der Waals surface area contributed by atoms with E-state index in [1.807, 2.05) is 115 Å². The Bertz CT molecular complexity index is 5570. The van der Waals surface area contributed by atoms with Gasteiger partial charge >= 0.3 is 11.2 Å². The van der Waals surface area contributed by atoms with Crippen molar-refractivity contribution in [1.29, 1.82) is 0 Å². The van der Waals surface area contributed by atoms with Gasteiger partial charge in [-0.2, -0.15) is 0 Å². The summed E-state index contributed by atoms with van der Waals surface area (Å²) in [5.74, 6) is 8.32. The number of carbonyl (C=O) groups excluding carboxylic acids is 4. The smallest absolute Gasteiger partial charge is 0.374 e. The third-order valence-corrected chi connectivity index (χ3v) is 23.6. The monoisotopic (exact) mass is 2090 g/mol. The molecule has 4 fully saturated rings. The van der Waals surface area contributed by atoms with Crippen LogP contribution in [0.15, 0.2) is 79.1 Å². The maximum absolute atomic E-state index is 11.1. The van der Waals surface area contributed by atoms with Crippen LogP contribution in [-0.4, -0.2) is 258 Å². The number of amides is 1. The van der Waals surface area contributed by atoms with Crippen molar-refractivity contribution in [3.8, 4) is 0 Å². The average Bonchev–Trinajstić information content (AvgIpc) is 1.65. The van der Waals surface area contributed by atoms with Crippen LogP contribution in [0.25, 0.3) is 49.8 Å². The summed E-state index contributed by atoms with van der Waals surface area (Å²) in [5.41, 5.74) is 33.4. The van der Waals surface area contributed by atoms with Crippen molar-refractivity contribution >= 4 is 251 Å². The van der Waals surface area contributed by atoms with Gasteiger partial charge in [-0.25, -0.2) is 39.7 Å². The average molecular weight is 2100 g/mol. The summed E-state index contributed by atoms with van der Waals surface area (Å²) in [5, 5.41) is 15.8. The van der Waals surface area contributed by atoms with Gasteiger partial charge in [0.15, 0.2) is 32.9 Å². The van der Waals surface area contributed by atoms with Crippen molar-refractivity contribution in [3.05, 3.63) is 169 Å². The van der Waals surface area contributed by atoms with E-state index in [1.165, 1.54) is 20.0 Å². The van der Waals surface area contributed by atoms with Gasteiger partial charge in [0.2, 0.25) is 17.2 Å². The number of esters is 1. The Balaban J connectivity index is 0.000000233. The van der Waals surface area contributed by atoms with Crippen LogP contribution in [0.2, 0.25) is 45.6 Å². The number of nitrogens with zero attached hydrogens (tertiary/aromatic N) is 17. The Morgan fingerprint density at radius 1 is 0.459 bits per heavy atom. The van der Waals surface area contributed by atoms with E-state index < -0.39 is 35.1 Å². The number of Topliss-reactive ketones (excluding diaryl/α,β-unsaturated/α-hetero) is 2. The zero-order valence-corrected chi connectivity index (χ0v) is 86.8. The highest BCUT2D eigenvalue weighted by molar-refractivity contribution is 8.24. The largest absolute Gasteiger partial charge is 0.460 e. The number of ether oxygens (including phenoxy) is 4. The van der Waals surface area contributed by atoms with E-state index in [0.717, 1.165) is 197 Å². The molecule has 11 aromatic rings. The number of nitrogen functional groups attached to an aromatic ring is 2. The number of likely N-dealkylation sites (N-methyl/N-ethyl adjacent to an activating group) is 4. The molecule has 0 bridgehead atoms. The van der Waals surface area contributed by atoms with Gasteiger partial charge in [0, 0.05) is 180 Å². The fourth-order valence-electron chi connectivity index (χ4n) is 12.8. The van der Waals surface area contributed by atoms with E-state index in [4.69, 9.17) is 146 Å². The minimum Gasteiger partial charge on any atom is -0.460 e. The molecule has 0 spiro atoms. The highest BCUT2D eigenvalue weighted by Gasteiger charge is 2.27. The minimum absolute atomic E-state index is 0.166. The van der Waals surface area contributed by atoms with Gasteiger partial charge in [0.25, 0.3) is 12.4 Å². The second kappa shape index (κ2) is 56.5. The lowest BCUT2D eigenvalue weighted by atomic mass is 10.00. The third-order valence-electron chi connectivity index (χ3n) is 20.2. The molecular formula is C87H115Cl12N24O9P. The van der Waals surface area contributed by atoms with Crippen LogP contribution in [0.4, 0.5) is 34.5 Å². The van der Waals surface area contributed by atoms with Crippen LogP contribution in [0.5, 0.6) is 0 Å². The summed E-state index contributed by atoms with van der Waals surface area (Å²) in [7, 11) is 8.55. The molecule has 4 saturated heterocycles. The Labute approximate surface area is 834 Å². The number of fused-ring (bicyclic) bond motifs is 7. The Hall–Kier alpha value is -7.30. The number of piperazine rings is 4. The van der Waals surface area contributed by atoms with Crippen molar-refractivity contribution in [2.75, 3.05) is 191 Å². The molecule has 10 heterocycles. The van der Waals surface area contributed by atoms with E-state index in [2.05, 4.69) is 158 Å². The zero-order valence-electron chi connectivity index (χ0n) is 76.8. The topological polar surface area (TPSA) is 420 Å². The molecule has 33 nitrogen and oxygen atoms in total. The summed E-state index contributed by atoms with van der Waals surface area (Å²) >= 11 is 67.7. The maximum Gasteiger partial charge on any atom is 0.374 e. The minimum atomic E-state index is -3.22. The van der Waals surface area contributed by atoms with Gasteiger partial charge in [-0.1, -0.05) is 110 Å². The van der Waals surface area contributed by atoms with Crippen molar-refractivity contribution < 1.29 is 42.7 Å². The van der Waals surface area contributed by atoms with E-state index in [1.54, 1.807) is 37.5 Å². The molecule has 0 aliphatic carbocycles. The lowest BCUT2D eigenvalue weighted by Gasteiger charge is -2.34. The quantitative estimate of drug-likeness (QED) is 0.0114. The van der Waals surface area contributed by atoms with Gasteiger partial charge in [-0.05, 0) is 237 Å². The van der Waals surface area contributed by atoms with Gasteiger partial charge in [0.1, 0.15) is 6.33 Å². The zero-order chi connectivity index (χ0) is 98.8. The van der Waals surface area contributed by atoms with Crippen molar-refractivity contribution in [3.63, 3.8) is 0 Å². The summed E-state index contributed by atoms with van der Waals surface area (Å²) in [6, 6.07) is 22.1. The molecule has 0 atom stereocenters. The number of ketones is 2. The number of benzene rings is 6. The second-order valence-corrected chi connectivity index (χ2v) is 40.6. The van der Waals surface area contributed by atoms with Crippen LogP contribution in [0.1, 0.15) is 79.3 Å². The predicted octanol–water partition coefficient (Wildman–Crippen LogP) is 16.9. The molecule has 5 aromatic heterocycles. The molecule has 46 heteroatoms. The van der Waals surface area contributed by atoms with Crippen LogP contribution in [-0.2, 0) is 55.7 Å². The van der Waals surface area contributed by atoms with Crippen molar-refractivity contribution in [2.45, 2.75) is 95.6 Å². The number of halogens is 12. The Morgan fingerprint density at radius 3 is 1.24 bits per heavy atom. The van der Waals surface area contributed by atoms with Gasteiger partial charge in [-0.3, -0.25) is 35.0 Å². The van der Waals surface area contributed by atoms with Crippen LogP contribution in [0.3, 0.4) is 0 Å². The van der Waals surface area contributed by atoms with E-state index in [9.17, 15) is 23.7 Å². The Morgan fingerprint density at radius 2 is 0.820 bits per heavy atom. The highest BCUT2D eigenvalue weighted by atomic mass is 36.0. The Kier molecular flexibility index (Phi) is 48.6. The van der Waals surface area contributed by atoms with E-state index in [-0.39, 0.29) is 23.3 Å². The first-order valence-corrected chi connectivity index (χ1v) is 49.8. The van der Waals surface area contributed by atoms with Crippen molar-refractivity contribution in [1.82, 2.24) is 74.4 Å². The molecule has 0 radical (unpaired) electrons. The summed E-state index contributed by atoms with van der Waals surface area (Å²) in [6.07, 6.45) is 1.89. The van der Waals surface area contributed by atoms with Crippen LogP contribution < -0.4 is 54.2 Å². The van der Waals surface area contributed by atoms with Gasteiger partial charge in [-0.15, -0.1) is 10.2 Å². The van der Waals surface area contributed by atoms with Gasteiger partial charge in [0.05, 0.1) is 67.8 Å². The molecule has 133 heavy (non-hydrogen) atoms. The first-order chi connectivity index (χ1) is 62.9. The molecule has 12 N–H and O–H groups in total. The molecule has 726 valence electrons. The maximum atomic E-state index is 11.1. The lowest BCUT2D eigenvalue weighted by molar-refractivity contribution is -0.282. The van der Waals surface area contributed by atoms with E-state index >= 15 is 0 Å². The van der Waals surface area contributed by atoms with Crippen LogP contribution >= 0.6 is 143 Å². The number of carbonyl (C=O) groups is 4. The number of rotatable bonds is 12. The first-order valence-electron chi connectivity index (χ1n) is 42.0. The SMILES string of the molecule is CCOC(=O)C(C)=O.CCOC(OCC)OCC.CN1CCNCC1.Cc1cc(N)c(N)cc1Cl.Cc1cc2c(cc1Cl)NC(=O)C(=O)C2.Cc1cc2nc(Cl)c(Cl)nc2cc1Cl.Cc1cc2nc(N3CCN(C)CC3)c(CN)nc2cc1Cl.Cc1cc2nc(N3CCN(C)CC3)c(Cl)nc2cc1Cl.Cc1cc2nc(N3CCN(C)CC3)c3nncn3c2cc1Cl.NN.O=P(Cl)(Cl)Cl. The summed E-state index contributed by atoms with van der Waals surface area (Å²) in [6.45, 7) is 38.7. The van der Waals surface area contributed by atoms with Crippen LogP contribution in [0, 0.1) is 41.5 Å². The number of nitrogens with two attached hydrogens (primary N) is 5. The second-order valence-electron chi connectivity index (χ2n) is 30.5. The van der Waals surface area contributed by atoms with E-state index in [0.29, 0.717) is 84.7 Å². The fourth-order valence-corrected chi connectivity index (χ4v) is 14.2. The number of aromatic nitrogens is 10. The number of hydrogen-bond acceptors (Lipinski definition) is 31. The molecular weight excluding hydrogens is 1980 g/mol. The number of aryl methyl sites for hydroxylation is 6. The number of anilines is 6. The lowest BCUT2D eigenvalue weighted by Crippen LogP contribution is -2.45. The molecule has 0 unspecified atom stereocenters. The summed E-state index contributed by atoms with van der Waals surface area (Å²) < 4.78 is 31.0. The first kappa shape index (κ1) is 114. The predicted molar refractivity (Wildman–Crippen MR) is 546 cm³/mol. The summed E-state index contributed by atoms with van der Waals surface area (Å²) in [4.78, 5) is 90.0. The number of hydrogen-bond donors (Lipinski definition) is 7. The van der Waals surface area contributed by atoms with Crippen molar-refractivity contribution in [2.24, 2.45) is 17.4 Å². The molecule has 6 aromatic carbocycles. The molecule has 16 rings (SSSR count). The molecule has 5 aliphatic heterocycles. The number of nitrogens with one attached hydrogen (secondary N) is 2. The highest BCUT2D eigenvalue weighted by Crippen LogP contribution is 2.61. The number of hydrazine groups is 1. The van der Waals surface area contributed by atoms with Gasteiger partial charge < -0.3 is 81.1 Å². The molecule has 0 saturated carbocycles. The molecule has 5 aliphatic rings. The fraction of sp³-hybridized carbons (Fsp3) is 0.437. The standard InChI is InChI=1S/C15H17ClN6.C15H20ClN5.C14H16Cl2N4.C10H8ClNO2.C9H5Cl3N2.C7H9ClN2.C7H16O3.C5H12N2.C5H8O3.Cl3OP.H4N2/c1-10-7-12-13(8-11(10)16)22-9-17-19-15(22)14(18-12)21-5-3-20(2)4-6-21;1-10-7-12-13(8-11(10)16)18-14(9-17)15(19-12)21-5-3-20(2)4-6-21;1-9-7-11-12(8-10(9)15)17-13(16)14(18-11)20-5-3-19(2)4-6-20;1-5-2-6-3-9(13)10(14)12-8(6)4-7(5)11;1-4-2-6-7(3-5(4)10)14-9(12)8(11)13-6;1-4-2-6(9)7(10)3-5(4)8;1-4-8-7(9-5-2)10-6-3;1-7-4-2-6-3-5-7;1-3-8-5(7)4(2)6;1-5(2,3)4;1-2/h7-9H,3-6H2,1-2H3;7-8H,3-6,9,17H2,1-2H3;7-8H,3-6H2,1-2H3;2,4H,3H2,1H3,(H,12,14);2-3H,1H3;2-3H,9-10H2,1H3;7H,4-6H2,1-3H3;6H,2-5H2,1H3;3H2,1-2H3;;1-2H2. The third kappa shape index (κ3) is 36.5.